The maximum absolute atomic E-state index is 13.0. The van der Waals surface area contributed by atoms with Crippen LogP contribution < -0.4 is 0 Å². The van der Waals surface area contributed by atoms with E-state index in [-0.39, 0.29) is 0 Å². The van der Waals surface area contributed by atoms with Crippen molar-refractivity contribution in [3.05, 3.63) is 46.0 Å². The zero-order valence-electron chi connectivity index (χ0n) is 6.86. The monoisotopic (exact) mass is 205 g/mol. The van der Waals surface area contributed by atoms with Crippen molar-refractivity contribution in [2.24, 2.45) is 0 Å². The first kappa shape index (κ1) is 10.5. The summed E-state index contributed by atoms with van der Waals surface area (Å²) >= 11 is 0. The number of halogens is 3. The Hall–Kier alpha value is -1.59. The molecule has 1 rings (SSSR count). The summed E-state index contributed by atoms with van der Waals surface area (Å²) in [5, 5.41) is 9.85. The summed E-state index contributed by atoms with van der Waals surface area (Å²) in [6.07, 6.45) is -2.92. The summed E-state index contributed by atoms with van der Waals surface area (Å²) in [6, 6.07) is 1.72. The summed E-state index contributed by atoms with van der Waals surface area (Å²) in [7, 11) is 0. The van der Waals surface area contributed by atoms with E-state index in [1.54, 1.807) is 0 Å². The molecule has 76 valence electrons. The highest BCUT2D eigenvalue weighted by atomic mass is 19.3. The quantitative estimate of drug-likeness (QED) is 0.432. The Labute approximate surface area is 77.3 Å². The van der Waals surface area contributed by atoms with Gasteiger partial charge in [0.15, 0.2) is 0 Å². The van der Waals surface area contributed by atoms with Gasteiger partial charge in [0.25, 0.3) is 6.17 Å². The summed E-state index contributed by atoms with van der Waals surface area (Å²) in [5.41, 5.74) is -0.408. The van der Waals surface area contributed by atoms with Crippen molar-refractivity contribution in [2.75, 3.05) is 0 Å². The van der Waals surface area contributed by atoms with Crippen LogP contribution in [0.2, 0.25) is 0 Å². The largest absolute Gasteiger partial charge is 0.546 e. The maximum Gasteiger partial charge on any atom is 0.546 e. The van der Waals surface area contributed by atoms with Gasteiger partial charge in [0.2, 0.25) is 0 Å². The van der Waals surface area contributed by atoms with Gasteiger partial charge in [0.1, 0.15) is 0 Å². The molecule has 6 heteroatoms. The third-order valence-electron chi connectivity index (χ3n) is 1.64. The average Bonchev–Trinajstić information content (AvgIpc) is 2.17. The van der Waals surface area contributed by atoms with Crippen LogP contribution in [0.5, 0.6) is 0 Å². The molecular formula is C8H6F3NO2. The molecule has 0 heterocycles. The van der Waals surface area contributed by atoms with Gasteiger partial charge in [-0.05, 0) is 5.56 Å². The second-order valence-corrected chi connectivity index (χ2v) is 2.62. The molecule has 0 N–H and O–H groups in total. The second kappa shape index (κ2) is 3.65. The van der Waals surface area contributed by atoms with Crippen molar-refractivity contribution in [2.45, 2.75) is 12.2 Å². The topological polar surface area (TPSA) is 43.1 Å². The number of hydrogen-bond acceptors (Lipinski definition) is 2. The predicted octanol–water partition coefficient (Wildman–Crippen LogP) is 2.57. The smallest absolute Gasteiger partial charge is 0.259 e. The Balaban J connectivity index is 2.96. The number of benzene rings is 1. The van der Waals surface area contributed by atoms with Crippen LogP contribution in [0.3, 0.4) is 0 Å². The van der Waals surface area contributed by atoms with Crippen LogP contribution in [0.15, 0.2) is 30.3 Å². The molecule has 0 aliphatic heterocycles. The highest BCUT2D eigenvalue weighted by molar-refractivity contribution is 5.18. The van der Waals surface area contributed by atoms with E-state index in [0.29, 0.717) is 0 Å². The number of rotatable bonds is 3. The minimum Gasteiger partial charge on any atom is -0.259 e. The SMILES string of the molecule is O=[N+]([O-])C(F)(F)C(F)c1ccccc1. The van der Waals surface area contributed by atoms with Crippen molar-refractivity contribution < 1.29 is 18.1 Å². The van der Waals surface area contributed by atoms with Crippen LogP contribution >= 0.6 is 0 Å². The van der Waals surface area contributed by atoms with Crippen LogP contribution in [0.1, 0.15) is 11.7 Å². The second-order valence-electron chi connectivity index (χ2n) is 2.62. The van der Waals surface area contributed by atoms with Gasteiger partial charge >= 0.3 is 6.05 Å². The summed E-state index contributed by atoms with van der Waals surface area (Å²) < 4.78 is 38.1. The molecule has 3 nitrogen and oxygen atoms in total. The number of nitrogens with zero attached hydrogens (tertiary/aromatic N) is 1. The Bertz CT molecular complexity index is 329. The first-order valence-corrected chi connectivity index (χ1v) is 3.67. The Kier molecular flexibility index (Phi) is 2.73. The van der Waals surface area contributed by atoms with Crippen LogP contribution in [0.25, 0.3) is 0 Å². The summed E-state index contributed by atoms with van der Waals surface area (Å²) in [4.78, 5) is 7.93. The number of nitro groups is 1. The Morgan fingerprint density at radius 2 is 1.79 bits per heavy atom. The van der Waals surface area contributed by atoms with Crippen molar-refractivity contribution in [3.8, 4) is 0 Å². The lowest BCUT2D eigenvalue weighted by Crippen LogP contribution is -2.32. The molecule has 0 aliphatic rings. The molecule has 0 saturated carbocycles. The van der Waals surface area contributed by atoms with E-state index in [9.17, 15) is 23.3 Å². The predicted molar refractivity (Wildman–Crippen MR) is 42.2 cm³/mol. The highest BCUT2D eigenvalue weighted by Gasteiger charge is 2.54. The first-order valence-electron chi connectivity index (χ1n) is 3.67. The van der Waals surface area contributed by atoms with Gasteiger partial charge < -0.3 is 0 Å². The molecule has 0 bridgehead atoms. The van der Waals surface area contributed by atoms with E-state index in [1.807, 2.05) is 0 Å². The molecule has 1 aromatic rings. The van der Waals surface area contributed by atoms with E-state index >= 15 is 0 Å². The molecule has 0 spiro atoms. The molecule has 0 aromatic heterocycles. The zero-order valence-corrected chi connectivity index (χ0v) is 6.86. The molecule has 1 atom stereocenters. The summed E-state index contributed by atoms with van der Waals surface area (Å²) in [5.74, 6) is 0. The van der Waals surface area contributed by atoms with Crippen LogP contribution in [0.4, 0.5) is 13.2 Å². The molecular weight excluding hydrogens is 199 g/mol. The third-order valence-corrected chi connectivity index (χ3v) is 1.64. The molecule has 0 aliphatic carbocycles. The van der Waals surface area contributed by atoms with Crippen LogP contribution in [-0.4, -0.2) is 11.0 Å². The molecule has 14 heavy (non-hydrogen) atoms. The Morgan fingerprint density at radius 1 is 1.29 bits per heavy atom. The maximum atomic E-state index is 13.0. The molecule has 0 amide bonds. The van der Waals surface area contributed by atoms with E-state index in [4.69, 9.17) is 0 Å². The highest BCUT2D eigenvalue weighted by Crippen LogP contribution is 2.34. The lowest BCUT2D eigenvalue weighted by atomic mass is 10.1. The lowest BCUT2D eigenvalue weighted by Gasteiger charge is -2.11. The van der Waals surface area contributed by atoms with Gasteiger partial charge in [-0.3, -0.25) is 10.1 Å². The summed E-state index contributed by atoms with van der Waals surface area (Å²) in [6.45, 7) is 0. The zero-order chi connectivity index (χ0) is 10.8. The number of hydrogen-bond donors (Lipinski definition) is 0. The van der Waals surface area contributed by atoms with Crippen LogP contribution in [0, 0.1) is 10.1 Å². The van der Waals surface area contributed by atoms with Gasteiger partial charge in [-0.25, -0.2) is 4.39 Å². The van der Waals surface area contributed by atoms with Crippen molar-refractivity contribution in [3.63, 3.8) is 0 Å². The van der Waals surface area contributed by atoms with Crippen molar-refractivity contribution in [1.82, 2.24) is 0 Å². The Morgan fingerprint density at radius 3 is 2.21 bits per heavy atom. The standard InChI is InChI=1S/C8H6F3NO2/c9-7(8(10,11)12(13)14)6-4-2-1-3-5-6/h1-5,7H. The fourth-order valence-corrected chi connectivity index (χ4v) is 0.915. The van der Waals surface area contributed by atoms with Crippen LogP contribution in [-0.2, 0) is 0 Å². The van der Waals surface area contributed by atoms with Gasteiger partial charge in [-0.15, -0.1) is 8.78 Å². The van der Waals surface area contributed by atoms with Gasteiger partial charge in [0, 0.05) is 0 Å². The van der Waals surface area contributed by atoms with E-state index in [2.05, 4.69) is 0 Å². The van der Waals surface area contributed by atoms with Crippen molar-refractivity contribution in [1.29, 1.82) is 0 Å². The fraction of sp³-hybridized carbons (Fsp3) is 0.250. The van der Waals surface area contributed by atoms with E-state index in [0.717, 1.165) is 12.1 Å². The minimum atomic E-state index is -4.58. The van der Waals surface area contributed by atoms with Gasteiger partial charge in [-0.1, -0.05) is 30.3 Å². The minimum absolute atomic E-state index is 0.408. The average molecular weight is 205 g/mol. The number of alkyl halides is 3. The third kappa shape index (κ3) is 1.84. The molecule has 0 saturated heterocycles. The fourth-order valence-electron chi connectivity index (χ4n) is 0.915. The molecule has 1 unspecified atom stereocenters. The lowest BCUT2D eigenvalue weighted by molar-refractivity contribution is -0.655. The van der Waals surface area contributed by atoms with E-state index < -0.39 is 22.7 Å². The first-order chi connectivity index (χ1) is 6.46. The van der Waals surface area contributed by atoms with Crippen molar-refractivity contribution >= 4 is 0 Å². The molecule has 0 fully saturated rings. The van der Waals surface area contributed by atoms with Gasteiger partial charge in [0.05, 0.1) is 4.92 Å². The molecule has 1 aromatic carbocycles. The molecule has 0 radical (unpaired) electrons. The normalized spacial score (nSPS) is 13.6. The van der Waals surface area contributed by atoms with E-state index in [1.165, 1.54) is 18.2 Å². The van der Waals surface area contributed by atoms with Gasteiger partial charge in [-0.2, -0.15) is 0 Å².